The summed E-state index contributed by atoms with van der Waals surface area (Å²) in [6.45, 7) is 3.16. The number of halogens is 4. The van der Waals surface area contributed by atoms with Crippen molar-refractivity contribution in [2.75, 3.05) is 19.6 Å². The van der Waals surface area contributed by atoms with Crippen LogP contribution in [0.15, 0.2) is 60.1 Å². The van der Waals surface area contributed by atoms with Gasteiger partial charge in [0, 0.05) is 48.4 Å². The van der Waals surface area contributed by atoms with E-state index in [0.717, 1.165) is 30.6 Å². The summed E-state index contributed by atoms with van der Waals surface area (Å²) in [6, 6.07) is 8.51. The number of pyridine rings is 1. The van der Waals surface area contributed by atoms with Crippen LogP contribution in [0.4, 0.5) is 17.6 Å². The smallest absolute Gasteiger partial charge is 0.351 e. The molecule has 2 heterocycles. The fourth-order valence-corrected chi connectivity index (χ4v) is 4.22. The van der Waals surface area contributed by atoms with Gasteiger partial charge in [-0.05, 0) is 62.1 Å². The summed E-state index contributed by atoms with van der Waals surface area (Å²) in [4.78, 5) is 32.1. The summed E-state index contributed by atoms with van der Waals surface area (Å²) in [5.74, 6) is -2.63. The number of carbonyl (C=O) groups excluding carboxylic acids is 2. The number of aryl methyl sites for hydroxylation is 1. The van der Waals surface area contributed by atoms with Crippen LogP contribution in [0.1, 0.15) is 45.5 Å². The quantitative estimate of drug-likeness (QED) is 0.576. The van der Waals surface area contributed by atoms with Gasteiger partial charge >= 0.3 is 6.18 Å². The van der Waals surface area contributed by atoms with Crippen LogP contribution in [0.25, 0.3) is 11.3 Å². The van der Waals surface area contributed by atoms with E-state index in [4.69, 9.17) is 0 Å². The molecule has 1 saturated heterocycles. The monoisotopic (exact) mass is 487 g/mol. The first-order valence-corrected chi connectivity index (χ1v) is 11.4. The molecule has 1 unspecified atom stereocenters. The second-order valence-electron chi connectivity index (χ2n) is 8.86. The minimum absolute atomic E-state index is 0.0453. The van der Waals surface area contributed by atoms with Gasteiger partial charge in [-0.25, -0.2) is 4.39 Å². The summed E-state index contributed by atoms with van der Waals surface area (Å²) in [5.41, 5.74) is 1.46. The Labute approximate surface area is 200 Å². The number of hydrogen-bond acceptors (Lipinski definition) is 3. The van der Waals surface area contributed by atoms with E-state index in [9.17, 15) is 27.2 Å². The number of alkyl halides is 3. The van der Waals surface area contributed by atoms with Gasteiger partial charge in [-0.3, -0.25) is 14.6 Å². The van der Waals surface area contributed by atoms with Crippen LogP contribution < -0.4 is 5.32 Å². The first kappa shape index (κ1) is 24.6. The van der Waals surface area contributed by atoms with Crippen molar-refractivity contribution in [3.8, 4) is 11.3 Å². The summed E-state index contributed by atoms with van der Waals surface area (Å²) >= 11 is 0. The molecule has 184 valence electrons. The lowest BCUT2D eigenvalue weighted by Crippen LogP contribution is -2.31. The molecule has 1 N–H and O–H groups in total. The molecule has 1 aromatic carbocycles. The standard InChI is InChI=1S/C26H25F4N3O2/c1-16-4-7-23(31-14-16)18-11-19(13-20(12-18)25(35)33-8-2-3-9-33)24(34)32-15-17-5-6-21(22(27)10-17)26(28,29)30/h4,6-7,10-14,17H,2-3,5,8-9,15H2,1H3,(H,32,34). The van der Waals surface area contributed by atoms with E-state index in [1.165, 1.54) is 6.07 Å². The molecule has 2 aliphatic rings. The van der Waals surface area contributed by atoms with Crippen LogP contribution in [-0.2, 0) is 0 Å². The molecule has 5 nitrogen and oxygen atoms in total. The predicted octanol–water partition coefficient (Wildman–Crippen LogP) is 5.38. The zero-order valence-corrected chi connectivity index (χ0v) is 19.2. The fourth-order valence-electron chi connectivity index (χ4n) is 4.22. The van der Waals surface area contributed by atoms with E-state index in [1.54, 1.807) is 29.3 Å². The van der Waals surface area contributed by atoms with Crippen LogP contribution >= 0.6 is 0 Å². The average molecular weight is 487 g/mol. The van der Waals surface area contributed by atoms with Crippen molar-refractivity contribution in [2.45, 2.75) is 32.4 Å². The Hall–Kier alpha value is -3.49. The SMILES string of the molecule is Cc1ccc(-c2cc(C(=O)NCC3C=C(F)C(C(F)(F)F)=CC3)cc(C(=O)N3CCCC3)c2)nc1. The summed E-state index contributed by atoms with van der Waals surface area (Å²) < 4.78 is 52.4. The van der Waals surface area contributed by atoms with Crippen molar-refractivity contribution < 1.29 is 27.2 Å². The number of nitrogens with one attached hydrogen (secondary N) is 1. The first-order chi connectivity index (χ1) is 16.6. The van der Waals surface area contributed by atoms with E-state index >= 15 is 0 Å². The highest BCUT2D eigenvalue weighted by Crippen LogP contribution is 2.36. The Bertz CT molecular complexity index is 1180. The van der Waals surface area contributed by atoms with Crippen molar-refractivity contribution in [1.29, 1.82) is 0 Å². The molecule has 1 aliphatic heterocycles. The number of likely N-dealkylation sites (tertiary alicyclic amines) is 1. The third-order valence-corrected chi connectivity index (χ3v) is 6.14. The van der Waals surface area contributed by atoms with Gasteiger partial charge < -0.3 is 10.2 Å². The molecule has 1 atom stereocenters. The molecule has 0 saturated carbocycles. The Morgan fingerprint density at radius 2 is 1.83 bits per heavy atom. The molecule has 9 heteroatoms. The Kier molecular flexibility index (Phi) is 7.05. The van der Waals surface area contributed by atoms with Crippen molar-refractivity contribution in [3.05, 3.63) is 76.8 Å². The van der Waals surface area contributed by atoms with Gasteiger partial charge in [-0.1, -0.05) is 12.1 Å². The maximum Gasteiger partial charge on any atom is 0.418 e. The van der Waals surface area contributed by atoms with Crippen LogP contribution in [0.2, 0.25) is 0 Å². The van der Waals surface area contributed by atoms with Crippen LogP contribution in [0.3, 0.4) is 0 Å². The van der Waals surface area contributed by atoms with Crippen LogP contribution in [-0.4, -0.2) is 47.5 Å². The largest absolute Gasteiger partial charge is 0.418 e. The van der Waals surface area contributed by atoms with Crippen LogP contribution in [0.5, 0.6) is 0 Å². The number of aromatic nitrogens is 1. The third-order valence-electron chi connectivity index (χ3n) is 6.14. The molecule has 2 amide bonds. The maximum atomic E-state index is 13.9. The van der Waals surface area contributed by atoms with E-state index in [0.29, 0.717) is 29.9 Å². The highest BCUT2D eigenvalue weighted by atomic mass is 19.4. The van der Waals surface area contributed by atoms with Crippen molar-refractivity contribution in [2.24, 2.45) is 5.92 Å². The van der Waals surface area contributed by atoms with E-state index < -0.39 is 29.4 Å². The second-order valence-corrected chi connectivity index (χ2v) is 8.86. The number of carbonyl (C=O) groups is 2. The van der Waals surface area contributed by atoms with Crippen molar-refractivity contribution in [3.63, 3.8) is 0 Å². The lowest BCUT2D eigenvalue weighted by atomic mass is 9.95. The number of benzene rings is 1. The van der Waals surface area contributed by atoms with Gasteiger partial charge in [0.25, 0.3) is 11.8 Å². The number of amides is 2. The number of allylic oxidation sites excluding steroid dienone is 3. The maximum absolute atomic E-state index is 13.9. The van der Waals surface area contributed by atoms with E-state index in [1.807, 2.05) is 13.0 Å². The van der Waals surface area contributed by atoms with Gasteiger partial charge in [-0.15, -0.1) is 0 Å². The number of rotatable bonds is 5. The highest BCUT2D eigenvalue weighted by Gasteiger charge is 2.38. The Balaban J connectivity index is 1.55. The fraction of sp³-hybridized carbons (Fsp3) is 0.346. The van der Waals surface area contributed by atoms with E-state index in [-0.39, 0.29) is 24.4 Å². The molecular formula is C26H25F4N3O2. The minimum Gasteiger partial charge on any atom is -0.351 e. The molecule has 0 bridgehead atoms. The highest BCUT2D eigenvalue weighted by molar-refractivity contribution is 6.01. The summed E-state index contributed by atoms with van der Waals surface area (Å²) in [7, 11) is 0. The lowest BCUT2D eigenvalue weighted by Gasteiger charge is -2.20. The molecule has 35 heavy (non-hydrogen) atoms. The number of nitrogens with zero attached hydrogens (tertiary/aromatic N) is 2. The van der Waals surface area contributed by atoms with Crippen molar-refractivity contribution >= 4 is 11.8 Å². The van der Waals surface area contributed by atoms with Gasteiger partial charge in [0.15, 0.2) is 0 Å². The van der Waals surface area contributed by atoms with Gasteiger partial charge in [0.1, 0.15) is 5.83 Å². The van der Waals surface area contributed by atoms with Gasteiger partial charge in [-0.2, -0.15) is 13.2 Å². The number of hydrogen-bond donors (Lipinski definition) is 1. The van der Waals surface area contributed by atoms with Gasteiger partial charge in [0.2, 0.25) is 0 Å². The van der Waals surface area contributed by atoms with E-state index in [2.05, 4.69) is 10.3 Å². The summed E-state index contributed by atoms with van der Waals surface area (Å²) in [5, 5.41) is 2.66. The molecule has 0 radical (unpaired) electrons. The predicted molar refractivity (Wildman–Crippen MR) is 123 cm³/mol. The average Bonchev–Trinajstić information content (AvgIpc) is 3.36. The normalized spacial score (nSPS) is 18.2. The molecule has 1 fully saturated rings. The molecule has 1 aromatic heterocycles. The zero-order chi connectivity index (χ0) is 25.2. The molecular weight excluding hydrogens is 462 g/mol. The Morgan fingerprint density at radius 1 is 1.11 bits per heavy atom. The third kappa shape index (κ3) is 5.78. The summed E-state index contributed by atoms with van der Waals surface area (Å²) in [6.07, 6.45) is 0.437. The van der Waals surface area contributed by atoms with Gasteiger partial charge in [0.05, 0.1) is 11.3 Å². The minimum atomic E-state index is -4.75. The molecule has 1 aliphatic carbocycles. The second kappa shape index (κ2) is 10.0. The molecule has 2 aromatic rings. The Morgan fingerprint density at radius 3 is 2.46 bits per heavy atom. The zero-order valence-electron chi connectivity index (χ0n) is 19.2. The first-order valence-electron chi connectivity index (χ1n) is 11.4. The molecule has 0 spiro atoms. The van der Waals surface area contributed by atoms with Crippen molar-refractivity contribution in [1.82, 2.24) is 15.2 Å². The topological polar surface area (TPSA) is 62.3 Å². The lowest BCUT2D eigenvalue weighted by molar-refractivity contribution is -0.0917. The van der Waals surface area contributed by atoms with Crippen LogP contribution in [0, 0.1) is 12.8 Å². The molecule has 4 rings (SSSR count).